The van der Waals surface area contributed by atoms with Crippen molar-refractivity contribution in [1.29, 1.82) is 0 Å². The molecule has 5 heteroatoms. The number of aryl methyl sites for hydroxylation is 1. The van der Waals surface area contributed by atoms with Crippen LogP contribution in [0.2, 0.25) is 0 Å². The number of aliphatic hydroxyl groups is 1. The van der Waals surface area contributed by atoms with Gasteiger partial charge in [-0.1, -0.05) is 0 Å². The molecule has 0 atom stereocenters. The zero-order valence-electron chi connectivity index (χ0n) is 10.4. The number of imidazole rings is 1. The normalized spacial score (nSPS) is 14.7. The number of hydrogen-bond donors (Lipinski definition) is 1. The maximum absolute atomic E-state index is 9.41. The molecule has 5 nitrogen and oxygen atoms in total. The number of fused-ring (bicyclic) bond motifs is 1. The SMILES string of the molecule is Cc1cc(N2CCn3ccnc3C2)c(CO)cn1. The summed E-state index contributed by atoms with van der Waals surface area (Å²) in [5, 5.41) is 9.41. The Morgan fingerprint density at radius 3 is 3.06 bits per heavy atom. The van der Waals surface area contributed by atoms with E-state index >= 15 is 0 Å². The van der Waals surface area contributed by atoms with Crippen LogP contribution in [-0.2, 0) is 19.7 Å². The van der Waals surface area contributed by atoms with E-state index in [4.69, 9.17) is 0 Å². The quantitative estimate of drug-likeness (QED) is 0.859. The summed E-state index contributed by atoms with van der Waals surface area (Å²) in [6.07, 6.45) is 5.60. The molecule has 3 rings (SSSR count). The van der Waals surface area contributed by atoms with Gasteiger partial charge >= 0.3 is 0 Å². The van der Waals surface area contributed by atoms with E-state index in [1.807, 2.05) is 25.4 Å². The average Bonchev–Trinajstić information content (AvgIpc) is 2.85. The predicted molar refractivity (Wildman–Crippen MR) is 68.2 cm³/mol. The highest BCUT2D eigenvalue weighted by atomic mass is 16.3. The van der Waals surface area contributed by atoms with Crippen molar-refractivity contribution in [3.8, 4) is 0 Å². The molecule has 0 bridgehead atoms. The lowest BCUT2D eigenvalue weighted by Gasteiger charge is -2.31. The number of rotatable bonds is 2. The largest absolute Gasteiger partial charge is 0.392 e. The summed E-state index contributed by atoms with van der Waals surface area (Å²) in [7, 11) is 0. The fourth-order valence-corrected chi connectivity index (χ4v) is 2.37. The van der Waals surface area contributed by atoms with Crippen LogP contribution in [0.25, 0.3) is 0 Å². The zero-order chi connectivity index (χ0) is 12.5. The van der Waals surface area contributed by atoms with Crippen molar-refractivity contribution >= 4 is 5.69 Å². The Hall–Kier alpha value is -1.88. The van der Waals surface area contributed by atoms with Crippen LogP contribution in [-0.4, -0.2) is 26.2 Å². The molecule has 0 aliphatic carbocycles. The first-order valence-corrected chi connectivity index (χ1v) is 6.09. The molecule has 0 saturated heterocycles. The van der Waals surface area contributed by atoms with Crippen LogP contribution < -0.4 is 4.90 Å². The molecule has 18 heavy (non-hydrogen) atoms. The molecule has 1 aliphatic heterocycles. The zero-order valence-corrected chi connectivity index (χ0v) is 10.4. The van der Waals surface area contributed by atoms with Gasteiger partial charge in [0.25, 0.3) is 0 Å². The van der Waals surface area contributed by atoms with Crippen molar-refractivity contribution in [3.05, 3.63) is 41.7 Å². The summed E-state index contributed by atoms with van der Waals surface area (Å²) in [4.78, 5) is 10.8. The van der Waals surface area contributed by atoms with Crippen LogP contribution in [0.5, 0.6) is 0 Å². The van der Waals surface area contributed by atoms with E-state index in [9.17, 15) is 5.11 Å². The molecule has 94 valence electrons. The lowest BCUT2D eigenvalue weighted by atomic mass is 10.2. The maximum atomic E-state index is 9.41. The van der Waals surface area contributed by atoms with E-state index in [0.717, 1.165) is 42.4 Å². The van der Waals surface area contributed by atoms with Crippen LogP contribution >= 0.6 is 0 Å². The van der Waals surface area contributed by atoms with Crippen LogP contribution in [0.4, 0.5) is 5.69 Å². The van der Waals surface area contributed by atoms with E-state index in [1.165, 1.54) is 0 Å². The molecule has 1 N–H and O–H groups in total. The third-order valence-corrected chi connectivity index (χ3v) is 3.35. The Labute approximate surface area is 106 Å². The van der Waals surface area contributed by atoms with Gasteiger partial charge in [0.2, 0.25) is 0 Å². The highest BCUT2D eigenvalue weighted by Gasteiger charge is 2.19. The Bertz CT molecular complexity index is 564. The van der Waals surface area contributed by atoms with Gasteiger partial charge in [0.15, 0.2) is 0 Å². The minimum atomic E-state index is 0.0214. The highest BCUT2D eigenvalue weighted by molar-refractivity contribution is 5.53. The van der Waals surface area contributed by atoms with Crippen LogP contribution in [0.15, 0.2) is 24.7 Å². The third kappa shape index (κ3) is 1.86. The third-order valence-electron chi connectivity index (χ3n) is 3.35. The van der Waals surface area contributed by atoms with Crippen LogP contribution in [0.1, 0.15) is 17.1 Å². The number of aromatic nitrogens is 3. The molecule has 0 amide bonds. The van der Waals surface area contributed by atoms with Gasteiger partial charge in [0, 0.05) is 48.6 Å². The van der Waals surface area contributed by atoms with E-state index in [0.29, 0.717) is 0 Å². The molecule has 0 saturated carbocycles. The van der Waals surface area contributed by atoms with Crippen molar-refractivity contribution in [2.24, 2.45) is 0 Å². The van der Waals surface area contributed by atoms with Crippen LogP contribution in [0, 0.1) is 6.92 Å². The van der Waals surface area contributed by atoms with E-state index in [-0.39, 0.29) is 6.61 Å². The molecule has 0 radical (unpaired) electrons. The fraction of sp³-hybridized carbons (Fsp3) is 0.385. The molecular formula is C13H16N4O. The Morgan fingerprint density at radius 1 is 1.33 bits per heavy atom. The minimum Gasteiger partial charge on any atom is -0.392 e. The summed E-state index contributed by atoms with van der Waals surface area (Å²) in [6.45, 7) is 4.63. The molecule has 2 aromatic heterocycles. The first-order valence-electron chi connectivity index (χ1n) is 6.09. The van der Waals surface area contributed by atoms with Crippen molar-refractivity contribution < 1.29 is 5.11 Å². The number of pyridine rings is 1. The smallest absolute Gasteiger partial charge is 0.128 e. The molecule has 3 heterocycles. The highest BCUT2D eigenvalue weighted by Crippen LogP contribution is 2.24. The molecule has 2 aromatic rings. The van der Waals surface area contributed by atoms with Crippen molar-refractivity contribution in [1.82, 2.24) is 14.5 Å². The van der Waals surface area contributed by atoms with Gasteiger partial charge in [0.1, 0.15) is 5.82 Å². The molecule has 0 fully saturated rings. The van der Waals surface area contributed by atoms with Crippen LogP contribution in [0.3, 0.4) is 0 Å². The number of aliphatic hydroxyl groups excluding tert-OH is 1. The van der Waals surface area contributed by atoms with Crippen molar-refractivity contribution in [2.45, 2.75) is 26.6 Å². The monoisotopic (exact) mass is 244 g/mol. The maximum Gasteiger partial charge on any atom is 0.128 e. The van der Waals surface area contributed by atoms with Gasteiger partial charge < -0.3 is 14.6 Å². The summed E-state index contributed by atoms with van der Waals surface area (Å²) >= 11 is 0. The van der Waals surface area contributed by atoms with Gasteiger partial charge in [-0.25, -0.2) is 4.98 Å². The first-order chi connectivity index (χ1) is 8.78. The first kappa shape index (κ1) is 11.2. The van der Waals surface area contributed by atoms with Gasteiger partial charge in [-0.05, 0) is 13.0 Å². The number of hydrogen-bond acceptors (Lipinski definition) is 4. The van der Waals surface area contributed by atoms with E-state index in [1.54, 1.807) is 6.20 Å². The van der Waals surface area contributed by atoms with Crippen molar-refractivity contribution in [3.63, 3.8) is 0 Å². The topological polar surface area (TPSA) is 54.2 Å². The Morgan fingerprint density at radius 2 is 2.22 bits per heavy atom. The minimum absolute atomic E-state index is 0.0214. The lowest BCUT2D eigenvalue weighted by molar-refractivity contribution is 0.281. The second kappa shape index (κ2) is 4.42. The lowest BCUT2D eigenvalue weighted by Crippen LogP contribution is -2.34. The van der Waals surface area contributed by atoms with Gasteiger partial charge in [-0.2, -0.15) is 0 Å². The second-order valence-electron chi connectivity index (χ2n) is 4.57. The Kier molecular flexibility index (Phi) is 2.76. The summed E-state index contributed by atoms with van der Waals surface area (Å²) in [5.41, 5.74) is 2.91. The summed E-state index contributed by atoms with van der Waals surface area (Å²) in [5.74, 6) is 1.07. The standard InChI is InChI=1S/C13H16N4O/c1-10-6-12(11(9-18)7-15-10)17-5-4-16-3-2-14-13(16)8-17/h2-3,6-7,18H,4-5,8-9H2,1H3. The second-order valence-corrected chi connectivity index (χ2v) is 4.57. The number of nitrogens with zero attached hydrogens (tertiary/aromatic N) is 4. The number of anilines is 1. The molecule has 0 unspecified atom stereocenters. The molecular weight excluding hydrogens is 228 g/mol. The van der Waals surface area contributed by atoms with Gasteiger partial charge in [0.05, 0.1) is 13.2 Å². The molecule has 1 aliphatic rings. The summed E-state index contributed by atoms with van der Waals surface area (Å²) < 4.78 is 2.17. The van der Waals surface area contributed by atoms with E-state index in [2.05, 4.69) is 19.4 Å². The fourth-order valence-electron chi connectivity index (χ4n) is 2.37. The summed E-state index contributed by atoms with van der Waals surface area (Å²) in [6, 6.07) is 2.03. The van der Waals surface area contributed by atoms with Crippen molar-refractivity contribution in [2.75, 3.05) is 11.4 Å². The average molecular weight is 244 g/mol. The van der Waals surface area contributed by atoms with E-state index < -0.39 is 0 Å². The molecule has 0 aromatic carbocycles. The predicted octanol–water partition coefficient (Wildman–Crippen LogP) is 1.10. The van der Waals surface area contributed by atoms with Gasteiger partial charge in [-0.15, -0.1) is 0 Å². The molecule has 0 spiro atoms. The van der Waals surface area contributed by atoms with Gasteiger partial charge in [-0.3, -0.25) is 4.98 Å². The Balaban J connectivity index is 1.94.